The lowest BCUT2D eigenvalue weighted by Crippen LogP contribution is -2.26. The van der Waals surface area contributed by atoms with E-state index in [1.165, 1.54) is 0 Å². The van der Waals surface area contributed by atoms with Crippen LogP contribution in [0.1, 0.15) is 13.8 Å². The molecule has 1 N–H and O–H groups in total. The van der Waals surface area contributed by atoms with Gasteiger partial charge in [-0.1, -0.05) is 13.8 Å². The quantitative estimate of drug-likeness (QED) is 0.476. The number of rotatable bonds is 4. The predicted octanol–water partition coefficient (Wildman–Crippen LogP) is 0.0626. The Labute approximate surface area is 60.5 Å². The summed E-state index contributed by atoms with van der Waals surface area (Å²) < 4.78 is 32.4. The fourth-order valence-electron chi connectivity index (χ4n) is 0.462. The van der Waals surface area contributed by atoms with Crippen molar-refractivity contribution in [1.29, 1.82) is 0 Å². The number of hydrogen-bond acceptors (Lipinski definition) is 4. The van der Waals surface area contributed by atoms with Crippen molar-refractivity contribution in [2.24, 2.45) is 0 Å². The van der Waals surface area contributed by atoms with Gasteiger partial charge in [-0.2, -0.15) is 17.8 Å². The Balaban J connectivity index is 3.87. The minimum Gasteiger partial charge on any atom is -0.262 e. The van der Waals surface area contributed by atoms with Crippen LogP contribution >= 0.6 is 0 Å². The summed E-state index contributed by atoms with van der Waals surface area (Å²) >= 11 is 0. The van der Waals surface area contributed by atoms with E-state index in [1.807, 2.05) is 0 Å². The fourth-order valence-corrected chi connectivity index (χ4v) is 0.939. The molecule has 0 rings (SSSR count). The van der Waals surface area contributed by atoms with Crippen molar-refractivity contribution < 1.29 is 17.3 Å². The summed E-state index contributed by atoms with van der Waals surface area (Å²) in [6.45, 7) is 4.26. The first-order valence-corrected chi connectivity index (χ1v) is 4.28. The van der Waals surface area contributed by atoms with Crippen LogP contribution in [-0.2, 0) is 14.7 Å². The molecule has 0 aromatic rings. The third-order valence-electron chi connectivity index (χ3n) is 0.905. The van der Waals surface area contributed by atoms with E-state index >= 15 is 0 Å². The summed E-state index contributed by atoms with van der Waals surface area (Å²) in [4.78, 5) is 0. The van der Waals surface area contributed by atoms with E-state index in [9.17, 15) is 8.42 Å². The van der Waals surface area contributed by atoms with Crippen LogP contribution in [0.4, 0.5) is 0 Å². The maximum absolute atomic E-state index is 10.1. The number of nitrogens with zero attached hydrogens (tertiary/aromatic N) is 1. The molecule has 0 aliphatic heterocycles. The normalized spacial score (nSPS) is 12.4. The van der Waals surface area contributed by atoms with E-state index in [0.29, 0.717) is 13.1 Å². The monoisotopic (exact) mass is 169 g/mol. The van der Waals surface area contributed by atoms with Gasteiger partial charge in [-0.3, -0.25) is 4.55 Å². The van der Waals surface area contributed by atoms with Crippen LogP contribution in [0, 0.1) is 0 Å². The molecule has 5 nitrogen and oxygen atoms in total. The van der Waals surface area contributed by atoms with Crippen molar-refractivity contribution >= 4 is 10.4 Å². The van der Waals surface area contributed by atoms with Crippen LogP contribution in [0.15, 0.2) is 0 Å². The van der Waals surface area contributed by atoms with E-state index in [4.69, 9.17) is 4.55 Å². The zero-order valence-corrected chi connectivity index (χ0v) is 6.76. The lowest BCUT2D eigenvalue weighted by molar-refractivity contribution is -0.0516. The minimum absolute atomic E-state index is 0.413. The van der Waals surface area contributed by atoms with Gasteiger partial charge in [0.25, 0.3) is 0 Å². The molecule has 0 fully saturated rings. The molecule has 0 aromatic carbocycles. The first kappa shape index (κ1) is 9.83. The molecule has 0 aliphatic carbocycles. The summed E-state index contributed by atoms with van der Waals surface area (Å²) in [6.07, 6.45) is 0. The van der Waals surface area contributed by atoms with Gasteiger partial charge in [0.1, 0.15) is 0 Å². The van der Waals surface area contributed by atoms with Gasteiger partial charge in [-0.05, 0) is 0 Å². The van der Waals surface area contributed by atoms with Crippen LogP contribution in [-0.4, -0.2) is 31.1 Å². The van der Waals surface area contributed by atoms with Gasteiger partial charge >= 0.3 is 10.4 Å². The highest BCUT2D eigenvalue weighted by Gasteiger charge is 2.09. The second-order valence-corrected chi connectivity index (χ2v) is 2.62. The molecule has 0 heterocycles. The highest BCUT2D eigenvalue weighted by atomic mass is 32.3. The number of hydroxylamine groups is 2. The zero-order valence-electron chi connectivity index (χ0n) is 5.94. The molecule has 0 aliphatic rings. The Bertz CT molecular complexity index is 172. The summed E-state index contributed by atoms with van der Waals surface area (Å²) in [6, 6.07) is 0. The standard InChI is InChI=1S/C4H11NO4S/c1-3-5(4-2)9-10(6,7)8/h3-4H2,1-2H3,(H,6,7,8). The average Bonchev–Trinajstić information content (AvgIpc) is 1.81. The first-order chi connectivity index (χ1) is 4.49. The summed E-state index contributed by atoms with van der Waals surface area (Å²) in [7, 11) is -4.32. The lowest BCUT2D eigenvalue weighted by atomic mass is 10.6. The fraction of sp³-hybridized carbons (Fsp3) is 1.00. The molecule has 0 saturated heterocycles. The summed E-state index contributed by atoms with van der Waals surface area (Å²) in [5.41, 5.74) is 0. The predicted molar refractivity (Wildman–Crippen MR) is 35.6 cm³/mol. The molecule has 6 heteroatoms. The highest BCUT2D eigenvalue weighted by Crippen LogP contribution is 1.93. The van der Waals surface area contributed by atoms with E-state index in [0.717, 1.165) is 5.06 Å². The Morgan fingerprint density at radius 1 is 1.40 bits per heavy atom. The van der Waals surface area contributed by atoms with Gasteiger partial charge in [0.05, 0.1) is 0 Å². The summed E-state index contributed by atoms with van der Waals surface area (Å²) in [5.74, 6) is 0. The molecule has 0 bridgehead atoms. The molecule has 0 saturated carbocycles. The lowest BCUT2D eigenvalue weighted by Gasteiger charge is -2.13. The van der Waals surface area contributed by atoms with Crippen LogP contribution in [0.3, 0.4) is 0 Å². The Morgan fingerprint density at radius 2 is 1.80 bits per heavy atom. The Morgan fingerprint density at radius 3 is 1.90 bits per heavy atom. The molecule has 0 radical (unpaired) electrons. The minimum atomic E-state index is -4.32. The Hall–Kier alpha value is -0.170. The van der Waals surface area contributed by atoms with Crippen molar-refractivity contribution in [1.82, 2.24) is 5.06 Å². The van der Waals surface area contributed by atoms with Crippen molar-refractivity contribution in [3.63, 3.8) is 0 Å². The maximum atomic E-state index is 10.1. The van der Waals surface area contributed by atoms with Gasteiger partial charge in [0.15, 0.2) is 0 Å². The molecule has 62 valence electrons. The van der Waals surface area contributed by atoms with Crippen LogP contribution in [0.2, 0.25) is 0 Å². The molecule has 0 unspecified atom stereocenters. The van der Waals surface area contributed by atoms with Gasteiger partial charge in [-0.15, -0.1) is 0 Å². The third-order valence-corrected chi connectivity index (χ3v) is 1.30. The molecule has 0 aromatic heterocycles. The highest BCUT2D eigenvalue weighted by molar-refractivity contribution is 7.80. The second kappa shape index (κ2) is 3.87. The van der Waals surface area contributed by atoms with Crippen molar-refractivity contribution in [3.05, 3.63) is 0 Å². The smallest absolute Gasteiger partial charge is 0.262 e. The largest absolute Gasteiger partial charge is 0.413 e. The van der Waals surface area contributed by atoms with Crippen molar-refractivity contribution in [2.45, 2.75) is 13.8 Å². The summed E-state index contributed by atoms with van der Waals surface area (Å²) in [5, 5.41) is 1.12. The maximum Gasteiger partial charge on any atom is 0.413 e. The van der Waals surface area contributed by atoms with Crippen molar-refractivity contribution in [2.75, 3.05) is 13.1 Å². The van der Waals surface area contributed by atoms with Crippen LogP contribution in [0.25, 0.3) is 0 Å². The SMILES string of the molecule is CCN(CC)OS(=O)(=O)O. The van der Waals surface area contributed by atoms with Gasteiger partial charge in [-0.25, -0.2) is 0 Å². The van der Waals surface area contributed by atoms with E-state index in [1.54, 1.807) is 13.8 Å². The van der Waals surface area contributed by atoms with Crippen molar-refractivity contribution in [3.8, 4) is 0 Å². The molecule has 0 amide bonds. The van der Waals surface area contributed by atoms with Crippen LogP contribution in [0.5, 0.6) is 0 Å². The van der Waals surface area contributed by atoms with E-state index in [2.05, 4.69) is 4.28 Å². The molecule has 0 atom stereocenters. The molecular weight excluding hydrogens is 158 g/mol. The molecular formula is C4H11NO4S. The number of hydrogen-bond donors (Lipinski definition) is 1. The molecule has 10 heavy (non-hydrogen) atoms. The average molecular weight is 169 g/mol. The van der Waals surface area contributed by atoms with Gasteiger partial charge < -0.3 is 0 Å². The van der Waals surface area contributed by atoms with E-state index in [-0.39, 0.29) is 0 Å². The second-order valence-electron chi connectivity index (χ2n) is 1.62. The van der Waals surface area contributed by atoms with Crippen LogP contribution < -0.4 is 0 Å². The first-order valence-electron chi connectivity index (χ1n) is 2.91. The third kappa shape index (κ3) is 4.68. The van der Waals surface area contributed by atoms with Gasteiger partial charge in [0.2, 0.25) is 0 Å². The topological polar surface area (TPSA) is 66.8 Å². The van der Waals surface area contributed by atoms with Gasteiger partial charge in [0, 0.05) is 13.1 Å². The molecule has 0 spiro atoms. The Kier molecular flexibility index (Phi) is 3.80. The zero-order chi connectivity index (χ0) is 8.20. The van der Waals surface area contributed by atoms with E-state index < -0.39 is 10.4 Å².